The third kappa shape index (κ3) is 4.59. The average Bonchev–Trinajstić information content (AvgIpc) is 3.09. The Kier molecular flexibility index (Phi) is 6.66. The highest BCUT2D eigenvalue weighted by Gasteiger charge is 2.30. The molecule has 2 saturated heterocycles. The molecule has 32 heavy (non-hydrogen) atoms. The van der Waals surface area contributed by atoms with Crippen LogP contribution in [0.2, 0.25) is 0 Å². The maximum Gasteiger partial charge on any atom is 0.293 e. The standard InChI is InChI=1S/C23H30N4O4S/c1-19-8-4-5-9-21(19)24-14-16-25(17-15-24)22-11-10-20(18-23(22)27(28)29)32(30,31)26-12-6-2-3-7-13-26/h4-5,8-11,18H,2-3,6-7,12-17H2,1H3. The van der Waals surface area contributed by atoms with Gasteiger partial charge in [0.15, 0.2) is 0 Å². The van der Waals surface area contributed by atoms with Gasteiger partial charge in [0.1, 0.15) is 5.69 Å². The van der Waals surface area contributed by atoms with Crippen LogP contribution in [0.25, 0.3) is 0 Å². The lowest BCUT2D eigenvalue weighted by Crippen LogP contribution is -2.47. The quantitative estimate of drug-likeness (QED) is 0.500. The Balaban J connectivity index is 1.55. The Morgan fingerprint density at radius 1 is 0.812 bits per heavy atom. The van der Waals surface area contributed by atoms with Crippen molar-refractivity contribution in [1.82, 2.24) is 4.31 Å². The number of hydrogen-bond donors (Lipinski definition) is 0. The van der Waals surface area contributed by atoms with Crippen LogP contribution >= 0.6 is 0 Å². The number of nitro groups is 1. The third-order valence-electron chi connectivity index (χ3n) is 6.42. The number of rotatable bonds is 5. The van der Waals surface area contributed by atoms with E-state index in [-0.39, 0.29) is 10.6 Å². The maximum absolute atomic E-state index is 13.1. The minimum Gasteiger partial charge on any atom is -0.368 e. The second-order valence-corrected chi connectivity index (χ2v) is 10.4. The van der Waals surface area contributed by atoms with Crippen molar-refractivity contribution in [1.29, 1.82) is 0 Å². The molecule has 0 radical (unpaired) electrons. The predicted molar refractivity (Wildman–Crippen MR) is 126 cm³/mol. The average molecular weight is 459 g/mol. The van der Waals surface area contributed by atoms with Crippen molar-refractivity contribution in [2.24, 2.45) is 0 Å². The van der Waals surface area contributed by atoms with Crippen LogP contribution in [0.3, 0.4) is 0 Å². The zero-order valence-corrected chi connectivity index (χ0v) is 19.3. The highest BCUT2D eigenvalue weighted by molar-refractivity contribution is 7.89. The van der Waals surface area contributed by atoms with E-state index in [4.69, 9.17) is 0 Å². The molecule has 0 saturated carbocycles. The number of hydrogen-bond acceptors (Lipinski definition) is 6. The molecule has 2 aromatic carbocycles. The van der Waals surface area contributed by atoms with Crippen LogP contribution in [0, 0.1) is 17.0 Å². The van der Waals surface area contributed by atoms with E-state index in [0.717, 1.165) is 38.8 Å². The summed E-state index contributed by atoms with van der Waals surface area (Å²) in [6.07, 6.45) is 3.67. The molecule has 9 heteroatoms. The predicted octanol–water partition coefficient (Wildman–Crippen LogP) is 3.79. The Bertz CT molecular complexity index is 1070. The summed E-state index contributed by atoms with van der Waals surface area (Å²) in [5, 5.41) is 11.9. The summed E-state index contributed by atoms with van der Waals surface area (Å²) in [7, 11) is -3.74. The summed E-state index contributed by atoms with van der Waals surface area (Å²) in [6.45, 7) is 5.78. The van der Waals surface area contributed by atoms with E-state index in [9.17, 15) is 18.5 Å². The Morgan fingerprint density at radius 3 is 2.00 bits per heavy atom. The van der Waals surface area contributed by atoms with Crippen molar-refractivity contribution < 1.29 is 13.3 Å². The van der Waals surface area contributed by atoms with Gasteiger partial charge in [-0.15, -0.1) is 0 Å². The number of para-hydroxylation sites is 1. The highest BCUT2D eigenvalue weighted by Crippen LogP contribution is 2.33. The molecule has 0 amide bonds. The zero-order chi connectivity index (χ0) is 22.7. The van der Waals surface area contributed by atoms with Gasteiger partial charge in [0.05, 0.1) is 9.82 Å². The summed E-state index contributed by atoms with van der Waals surface area (Å²) in [4.78, 5) is 15.7. The van der Waals surface area contributed by atoms with Crippen LogP contribution in [0.5, 0.6) is 0 Å². The largest absolute Gasteiger partial charge is 0.368 e. The molecule has 0 aliphatic carbocycles. The lowest BCUT2D eigenvalue weighted by molar-refractivity contribution is -0.384. The first-order chi connectivity index (χ1) is 15.4. The molecule has 0 aromatic heterocycles. The normalized spacial score (nSPS) is 18.4. The summed E-state index contributed by atoms with van der Waals surface area (Å²) in [5.74, 6) is 0. The fourth-order valence-electron chi connectivity index (χ4n) is 4.61. The molecule has 2 aliphatic rings. The summed E-state index contributed by atoms with van der Waals surface area (Å²) in [6, 6.07) is 12.6. The maximum atomic E-state index is 13.1. The number of aryl methyl sites for hydroxylation is 1. The van der Waals surface area contributed by atoms with Crippen LogP contribution in [-0.2, 0) is 10.0 Å². The van der Waals surface area contributed by atoms with Gasteiger partial charge in [-0.3, -0.25) is 10.1 Å². The van der Waals surface area contributed by atoms with Gasteiger partial charge >= 0.3 is 0 Å². The number of piperazine rings is 1. The number of nitro benzene ring substituents is 1. The second kappa shape index (κ2) is 9.46. The summed E-state index contributed by atoms with van der Waals surface area (Å²) in [5.41, 5.74) is 2.72. The molecular formula is C23H30N4O4S. The van der Waals surface area contributed by atoms with Gasteiger partial charge in [0.25, 0.3) is 5.69 Å². The van der Waals surface area contributed by atoms with Gasteiger partial charge in [0.2, 0.25) is 10.0 Å². The van der Waals surface area contributed by atoms with Crippen LogP contribution in [0.1, 0.15) is 31.2 Å². The fraction of sp³-hybridized carbons (Fsp3) is 0.478. The van der Waals surface area contributed by atoms with E-state index < -0.39 is 14.9 Å². The number of anilines is 2. The van der Waals surface area contributed by atoms with Gasteiger partial charge in [-0.1, -0.05) is 31.0 Å². The minimum absolute atomic E-state index is 0.00777. The molecule has 0 spiro atoms. The van der Waals surface area contributed by atoms with Crippen LogP contribution in [-0.4, -0.2) is 56.9 Å². The first-order valence-electron chi connectivity index (χ1n) is 11.2. The number of sulfonamides is 1. The Hall–Kier alpha value is -2.65. The monoisotopic (exact) mass is 458 g/mol. The minimum atomic E-state index is -3.74. The van der Waals surface area contributed by atoms with Crippen molar-refractivity contribution in [3.05, 3.63) is 58.1 Å². The molecule has 2 fully saturated rings. The lowest BCUT2D eigenvalue weighted by Gasteiger charge is -2.37. The van der Waals surface area contributed by atoms with Gasteiger partial charge in [-0.2, -0.15) is 4.31 Å². The van der Waals surface area contributed by atoms with E-state index in [1.165, 1.54) is 27.7 Å². The van der Waals surface area contributed by atoms with Crippen molar-refractivity contribution in [3.8, 4) is 0 Å². The van der Waals surface area contributed by atoms with Crippen molar-refractivity contribution in [3.63, 3.8) is 0 Å². The Labute approximate surface area is 189 Å². The smallest absolute Gasteiger partial charge is 0.293 e. The molecule has 8 nitrogen and oxygen atoms in total. The first-order valence-corrected chi connectivity index (χ1v) is 12.7. The zero-order valence-electron chi connectivity index (χ0n) is 18.4. The molecular weight excluding hydrogens is 428 g/mol. The summed E-state index contributed by atoms with van der Waals surface area (Å²) < 4.78 is 27.7. The molecule has 0 atom stereocenters. The van der Waals surface area contributed by atoms with Crippen LogP contribution < -0.4 is 9.80 Å². The lowest BCUT2D eigenvalue weighted by atomic mass is 10.1. The topological polar surface area (TPSA) is 87.0 Å². The molecule has 0 N–H and O–H groups in total. The van der Waals surface area contributed by atoms with Crippen molar-refractivity contribution >= 4 is 27.1 Å². The second-order valence-electron chi connectivity index (χ2n) is 8.49. The molecule has 172 valence electrons. The SMILES string of the molecule is Cc1ccccc1N1CCN(c2ccc(S(=O)(=O)N3CCCCCC3)cc2[N+](=O)[O-])CC1. The van der Waals surface area contributed by atoms with Gasteiger partial charge in [-0.05, 0) is 43.5 Å². The number of benzene rings is 2. The van der Waals surface area contributed by atoms with E-state index in [0.29, 0.717) is 31.9 Å². The van der Waals surface area contributed by atoms with Gasteiger partial charge < -0.3 is 9.80 Å². The van der Waals surface area contributed by atoms with Crippen molar-refractivity contribution in [2.75, 3.05) is 49.1 Å². The van der Waals surface area contributed by atoms with Crippen LogP contribution in [0.15, 0.2) is 47.4 Å². The highest BCUT2D eigenvalue weighted by atomic mass is 32.2. The van der Waals surface area contributed by atoms with Gasteiger partial charge in [0, 0.05) is 51.0 Å². The van der Waals surface area contributed by atoms with E-state index >= 15 is 0 Å². The van der Waals surface area contributed by atoms with Crippen LogP contribution in [0.4, 0.5) is 17.1 Å². The number of nitrogens with zero attached hydrogens (tertiary/aromatic N) is 4. The van der Waals surface area contributed by atoms with Crippen molar-refractivity contribution in [2.45, 2.75) is 37.5 Å². The molecule has 2 aliphatic heterocycles. The van der Waals surface area contributed by atoms with E-state index in [1.807, 2.05) is 17.0 Å². The molecule has 2 aromatic rings. The summed E-state index contributed by atoms with van der Waals surface area (Å²) >= 11 is 0. The molecule has 2 heterocycles. The molecule has 0 unspecified atom stereocenters. The fourth-order valence-corrected chi connectivity index (χ4v) is 6.15. The van der Waals surface area contributed by atoms with E-state index in [1.54, 1.807) is 6.07 Å². The van der Waals surface area contributed by atoms with Gasteiger partial charge in [-0.25, -0.2) is 8.42 Å². The Morgan fingerprint density at radius 2 is 1.41 bits per heavy atom. The molecule has 0 bridgehead atoms. The first kappa shape index (κ1) is 22.5. The third-order valence-corrected chi connectivity index (χ3v) is 8.32. The molecule has 4 rings (SSSR count). The van der Waals surface area contributed by atoms with E-state index in [2.05, 4.69) is 24.0 Å².